The molecule has 0 spiro atoms. The minimum Gasteiger partial charge on any atom is -0.256 e. The number of aromatic nitrogens is 1. The molecular formula is C16H18ClN. The van der Waals surface area contributed by atoms with E-state index in [0.29, 0.717) is 5.38 Å². The summed E-state index contributed by atoms with van der Waals surface area (Å²) in [6.07, 6.45) is 8.03. The van der Waals surface area contributed by atoms with Crippen LogP contribution in [0.4, 0.5) is 0 Å². The molecule has 2 unspecified atom stereocenters. The van der Waals surface area contributed by atoms with Crippen LogP contribution >= 0.6 is 11.6 Å². The number of halogens is 1. The van der Waals surface area contributed by atoms with E-state index in [-0.39, 0.29) is 0 Å². The van der Waals surface area contributed by atoms with E-state index in [4.69, 9.17) is 11.6 Å². The Hall–Kier alpha value is -1.08. The maximum Gasteiger partial charge on any atom is 0.0704 e. The normalized spacial score (nSPS) is 24.3. The highest BCUT2D eigenvalue weighted by molar-refractivity contribution is 6.20. The predicted octanol–water partition coefficient (Wildman–Crippen LogP) is 4.57. The second-order valence-corrected chi connectivity index (χ2v) is 5.94. The third-order valence-corrected chi connectivity index (χ3v) is 4.36. The molecule has 1 heterocycles. The number of para-hydroxylation sites is 1. The number of nitrogens with zero attached hydrogens (tertiary/aromatic N) is 1. The van der Waals surface area contributed by atoms with Gasteiger partial charge in [0.1, 0.15) is 0 Å². The number of pyridine rings is 1. The summed E-state index contributed by atoms with van der Waals surface area (Å²) in [7, 11) is 0. The Bertz CT molecular complexity index is 532. The lowest BCUT2D eigenvalue weighted by atomic mass is 9.84. The van der Waals surface area contributed by atoms with Gasteiger partial charge in [0.25, 0.3) is 0 Å². The minimum atomic E-state index is 0.386. The van der Waals surface area contributed by atoms with Crippen LogP contribution in [0, 0.1) is 5.92 Å². The zero-order valence-electron chi connectivity index (χ0n) is 10.5. The van der Waals surface area contributed by atoms with Crippen molar-refractivity contribution in [1.29, 1.82) is 0 Å². The number of alkyl halides is 1. The van der Waals surface area contributed by atoms with Crippen molar-refractivity contribution in [3.05, 3.63) is 42.1 Å². The van der Waals surface area contributed by atoms with Crippen LogP contribution in [0.15, 0.2) is 36.5 Å². The Kier molecular flexibility index (Phi) is 3.51. The highest BCUT2D eigenvalue weighted by Gasteiger charge is 2.20. The van der Waals surface area contributed by atoms with Gasteiger partial charge in [-0.2, -0.15) is 0 Å². The molecule has 2 heteroatoms. The van der Waals surface area contributed by atoms with Crippen molar-refractivity contribution in [2.75, 3.05) is 0 Å². The van der Waals surface area contributed by atoms with Crippen LogP contribution in [-0.4, -0.2) is 10.4 Å². The molecule has 1 aromatic heterocycles. The Morgan fingerprint density at radius 3 is 2.94 bits per heavy atom. The van der Waals surface area contributed by atoms with Crippen LogP contribution in [0.5, 0.6) is 0 Å². The number of benzene rings is 1. The van der Waals surface area contributed by atoms with Gasteiger partial charge in [-0.1, -0.05) is 31.0 Å². The predicted molar refractivity (Wildman–Crippen MR) is 77.0 cm³/mol. The topological polar surface area (TPSA) is 12.9 Å². The molecule has 1 saturated carbocycles. The Morgan fingerprint density at radius 1 is 1.17 bits per heavy atom. The molecule has 1 aliphatic rings. The van der Waals surface area contributed by atoms with Gasteiger partial charge in [-0.3, -0.25) is 4.98 Å². The summed E-state index contributed by atoms with van der Waals surface area (Å²) in [5.41, 5.74) is 2.53. The van der Waals surface area contributed by atoms with E-state index in [0.717, 1.165) is 24.3 Å². The molecule has 1 nitrogen and oxygen atoms in total. The third kappa shape index (κ3) is 2.51. The molecule has 2 atom stereocenters. The second kappa shape index (κ2) is 5.27. The van der Waals surface area contributed by atoms with Gasteiger partial charge in [0.2, 0.25) is 0 Å². The number of hydrogen-bond acceptors (Lipinski definition) is 1. The van der Waals surface area contributed by atoms with E-state index in [1.165, 1.54) is 30.2 Å². The molecule has 0 bridgehead atoms. The highest BCUT2D eigenvalue weighted by Crippen LogP contribution is 2.31. The maximum atomic E-state index is 6.28. The Balaban J connectivity index is 1.86. The molecule has 1 aromatic carbocycles. The molecule has 18 heavy (non-hydrogen) atoms. The van der Waals surface area contributed by atoms with Gasteiger partial charge in [-0.15, -0.1) is 11.6 Å². The number of fused-ring (bicyclic) bond motifs is 1. The molecule has 1 fully saturated rings. The number of hydrogen-bond donors (Lipinski definition) is 0. The lowest BCUT2D eigenvalue weighted by Gasteiger charge is -2.25. The van der Waals surface area contributed by atoms with Crippen LogP contribution in [-0.2, 0) is 6.42 Å². The van der Waals surface area contributed by atoms with Gasteiger partial charge in [-0.05, 0) is 42.9 Å². The lowest BCUT2D eigenvalue weighted by molar-refractivity contribution is 0.362. The smallest absolute Gasteiger partial charge is 0.0704 e. The van der Waals surface area contributed by atoms with Gasteiger partial charge < -0.3 is 0 Å². The van der Waals surface area contributed by atoms with E-state index < -0.39 is 0 Å². The largest absolute Gasteiger partial charge is 0.256 e. The zero-order chi connectivity index (χ0) is 12.4. The van der Waals surface area contributed by atoms with E-state index in [9.17, 15) is 0 Å². The van der Waals surface area contributed by atoms with E-state index >= 15 is 0 Å². The second-order valence-electron chi connectivity index (χ2n) is 5.32. The maximum absolute atomic E-state index is 6.28. The zero-order valence-corrected chi connectivity index (χ0v) is 11.2. The van der Waals surface area contributed by atoms with Gasteiger partial charge >= 0.3 is 0 Å². The van der Waals surface area contributed by atoms with Crippen molar-refractivity contribution < 1.29 is 0 Å². The molecule has 0 N–H and O–H groups in total. The molecule has 1 aliphatic carbocycles. The van der Waals surface area contributed by atoms with Gasteiger partial charge in [-0.25, -0.2) is 0 Å². The van der Waals surface area contributed by atoms with Gasteiger partial charge in [0.15, 0.2) is 0 Å². The summed E-state index contributed by atoms with van der Waals surface area (Å²) in [5, 5.41) is 1.69. The molecule has 3 rings (SSSR count). The van der Waals surface area contributed by atoms with Crippen molar-refractivity contribution in [2.24, 2.45) is 5.92 Å². The molecular weight excluding hydrogens is 242 g/mol. The molecule has 2 aromatic rings. The SMILES string of the molecule is ClC1CCCC(Cc2ccnc3ccccc23)C1. The summed E-state index contributed by atoms with van der Waals surface area (Å²) in [6, 6.07) is 10.6. The van der Waals surface area contributed by atoms with Crippen LogP contribution in [0.25, 0.3) is 10.9 Å². The van der Waals surface area contributed by atoms with Crippen LogP contribution in [0.1, 0.15) is 31.2 Å². The first-order valence-corrected chi connectivity index (χ1v) is 7.23. The van der Waals surface area contributed by atoms with Crippen molar-refractivity contribution in [3.63, 3.8) is 0 Å². The van der Waals surface area contributed by atoms with Crippen LogP contribution < -0.4 is 0 Å². The first kappa shape index (κ1) is 12.0. The first-order valence-electron chi connectivity index (χ1n) is 6.79. The van der Waals surface area contributed by atoms with E-state index in [1.54, 1.807) is 0 Å². The molecule has 0 aliphatic heterocycles. The summed E-state index contributed by atoms with van der Waals surface area (Å²) in [6.45, 7) is 0. The summed E-state index contributed by atoms with van der Waals surface area (Å²) < 4.78 is 0. The molecule has 94 valence electrons. The van der Waals surface area contributed by atoms with Crippen LogP contribution in [0.3, 0.4) is 0 Å². The summed E-state index contributed by atoms with van der Waals surface area (Å²) in [5.74, 6) is 0.743. The van der Waals surface area contributed by atoms with Crippen molar-refractivity contribution >= 4 is 22.5 Å². The summed E-state index contributed by atoms with van der Waals surface area (Å²) in [4.78, 5) is 4.42. The molecule has 0 amide bonds. The van der Waals surface area contributed by atoms with E-state index in [2.05, 4.69) is 35.3 Å². The van der Waals surface area contributed by atoms with E-state index in [1.807, 2.05) is 6.20 Å². The average Bonchev–Trinajstić information content (AvgIpc) is 2.39. The first-order chi connectivity index (χ1) is 8.83. The monoisotopic (exact) mass is 259 g/mol. The highest BCUT2D eigenvalue weighted by atomic mass is 35.5. The van der Waals surface area contributed by atoms with Crippen molar-refractivity contribution in [3.8, 4) is 0 Å². The molecule has 0 saturated heterocycles. The quantitative estimate of drug-likeness (QED) is 0.720. The van der Waals surface area contributed by atoms with Crippen LogP contribution in [0.2, 0.25) is 0 Å². The van der Waals surface area contributed by atoms with Crippen molar-refractivity contribution in [2.45, 2.75) is 37.5 Å². The van der Waals surface area contributed by atoms with Crippen molar-refractivity contribution in [1.82, 2.24) is 4.98 Å². The third-order valence-electron chi connectivity index (χ3n) is 3.97. The summed E-state index contributed by atoms with van der Waals surface area (Å²) >= 11 is 6.28. The standard InChI is InChI=1S/C16H18ClN/c17-14-5-3-4-12(11-14)10-13-8-9-18-16-7-2-1-6-15(13)16/h1-2,6-9,12,14H,3-5,10-11H2. The lowest BCUT2D eigenvalue weighted by Crippen LogP contribution is -2.17. The fourth-order valence-electron chi connectivity index (χ4n) is 3.05. The fourth-order valence-corrected chi connectivity index (χ4v) is 3.46. The number of rotatable bonds is 2. The average molecular weight is 260 g/mol. The minimum absolute atomic E-state index is 0.386. The van der Waals surface area contributed by atoms with Gasteiger partial charge in [0.05, 0.1) is 5.52 Å². The van der Waals surface area contributed by atoms with Gasteiger partial charge in [0, 0.05) is 17.0 Å². The molecule has 0 radical (unpaired) electrons. The Morgan fingerprint density at radius 2 is 2.06 bits per heavy atom. The Labute approximate surface area is 113 Å². The fraction of sp³-hybridized carbons (Fsp3) is 0.438.